The summed E-state index contributed by atoms with van der Waals surface area (Å²) in [5, 5.41) is -0.841. The Labute approximate surface area is 113 Å². The van der Waals surface area contributed by atoms with E-state index >= 15 is 0 Å². The van der Waals surface area contributed by atoms with Crippen LogP contribution < -0.4 is 0 Å². The molecule has 0 aromatic heterocycles. The minimum Gasteiger partial charge on any atom is -0.462 e. The van der Waals surface area contributed by atoms with Crippen LogP contribution in [0.5, 0.6) is 0 Å². The topological polar surface area (TPSA) is 43.4 Å². The fraction of sp³-hybridized carbons (Fsp3) is 0.333. The van der Waals surface area contributed by atoms with Crippen LogP contribution in [0.25, 0.3) is 0 Å². The largest absolute Gasteiger partial charge is 0.462 e. The third-order valence-electron chi connectivity index (χ3n) is 2.14. The van der Waals surface area contributed by atoms with Crippen molar-refractivity contribution in [2.75, 3.05) is 6.61 Å². The van der Waals surface area contributed by atoms with Gasteiger partial charge in [-0.1, -0.05) is 15.9 Å². The molecular weight excluding hydrogens is 307 g/mol. The smallest absolute Gasteiger partial charge is 0.338 e. The van der Waals surface area contributed by atoms with Crippen molar-refractivity contribution in [1.82, 2.24) is 0 Å². The number of hydrogen-bond donors (Lipinski definition) is 0. The molecule has 0 amide bonds. The first-order chi connectivity index (χ1) is 7.97. The molecule has 3 nitrogen and oxygen atoms in total. The number of halogens is 2. The van der Waals surface area contributed by atoms with Gasteiger partial charge in [0.05, 0.1) is 12.2 Å². The van der Waals surface area contributed by atoms with E-state index in [1.807, 2.05) is 0 Å². The molecule has 0 saturated carbocycles. The lowest BCUT2D eigenvalue weighted by atomic mass is 10.0. The van der Waals surface area contributed by atoms with Gasteiger partial charge >= 0.3 is 5.97 Å². The highest BCUT2D eigenvalue weighted by molar-refractivity contribution is 9.10. The molecule has 0 heterocycles. The van der Waals surface area contributed by atoms with Crippen molar-refractivity contribution >= 4 is 39.3 Å². The first kappa shape index (κ1) is 14.2. The summed E-state index contributed by atoms with van der Waals surface area (Å²) >= 11 is 9.26. The number of esters is 1. The van der Waals surface area contributed by atoms with Gasteiger partial charge < -0.3 is 4.74 Å². The summed E-state index contributed by atoms with van der Waals surface area (Å²) in [5.74, 6) is -0.683. The molecule has 0 radical (unpaired) electrons. The zero-order chi connectivity index (χ0) is 13.0. The van der Waals surface area contributed by atoms with Crippen molar-refractivity contribution in [1.29, 1.82) is 0 Å². The Kier molecular flexibility index (Phi) is 5.15. The number of benzene rings is 1. The Morgan fingerprint density at radius 2 is 2.12 bits per heavy atom. The van der Waals surface area contributed by atoms with E-state index in [0.717, 1.165) is 4.47 Å². The van der Waals surface area contributed by atoms with E-state index < -0.39 is 11.3 Å². The van der Waals surface area contributed by atoms with Crippen LogP contribution in [0.15, 0.2) is 22.7 Å². The molecule has 0 fully saturated rings. The fourth-order valence-corrected chi connectivity index (χ4v) is 1.92. The van der Waals surface area contributed by atoms with Crippen LogP contribution in [0.2, 0.25) is 0 Å². The average Bonchev–Trinajstić information content (AvgIpc) is 2.28. The summed E-state index contributed by atoms with van der Waals surface area (Å²) in [5.41, 5.74) is 0.789. The Balaban J connectivity index is 3.21. The number of carbonyl (C=O) groups is 2. The highest BCUT2D eigenvalue weighted by Gasteiger charge is 2.21. The predicted molar refractivity (Wildman–Crippen MR) is 69.4 cm³/mol. The number of carbonyl (C=O) groups excluding carboxylic acids is 2. The van der Waals surface area contributed by atoms with E-state index in [4.69, 9.17) is 16.3 Å². The van der Waals surface area contributed by atoms with E-state index in [1.54, 1.807) is 25.1 Å². The fourth-order valence-electron chi connectivity index (χ4n) is 1.36. The lowest BCUT2D eigenvalue weighted by Gasteiger charge is -2.12. The molecule has 0 saturated heterocycles. The first-order valence-corrected chi connectivity index (χ1v) is 6.31. The second kappa shape index (κ2) is 6.17. The Bertz CT molecular complexity index is 445. The van der Waals surface area contributed by atoms with Crippen molar-refractivity contribution in [3.05, 3.63) is 33.8 Å². The third-order valence-corrected chi connectivity index (χ3v) is 3.17. The molecule has 17 heavy (non-hydrogen) atoms. The molecule has 1 aromatic rings. The Morgan fingerprint density at radius 3 is 2.65 bits per heavy atom. The lowest BCUT2D eigenvalue weighted by molar-refractivity contribution is -0.116. The van der Waals surface area contributed by atoms with Crippen molar-refractivity contribution in [2.24, 2.45) is 0 Å². The van der Waals surface area contributed by atoms with Gasteiger partial charge in [0.15, 0.2) is 5.78 Å². The van der Waals surface area contributed by atoms with Gasteiger partial charge in [-0.05, 0) is 37.6 Å². The van der Waals surface area contributed by atoms with Crippen molar-refractivity contribution < 1.29 is 14.3 Å². The van der Waals surface area contributed by atoms with Crippen molar-refractivity contribution in [2.45, 2.75) is 19.2 Å². The maximum atomic E-state index is 11.7. The van der Waals surface area contributed by atoms with E-state index in [9.17, 15) is 9.59 Å². The average molecular weight is 320 g/mol. The first-order valence-electron chi connectivity index (χ1n) is 5.08. The van der Waals surface area contributed by atoms with Gasteiger partial charge in [0.2, 0.25) is 0 Å². The number of hydrogen-bond acceptors (Lipinski definition) is 3. The second-order valence-corrected chi connectivity index (χ2v) is 4.78. The molecule has 1 rings (SSSR count). The molecule has 1 unspecified atom stereocenters. The Morgan fingerprint density at radius 1 is 1.47 bits per heavy atom. The quantitative estimate of drug-likeness (QED) is 0.630. The van der Waals surface area contributed by atoms with Gasteiger partial charge in [0.1, 0.15) is 5.38 Å². The highest BCUT2D eigenvalue weighted by atomic mass is 79.9. The standard InChI is InChI=1S/C12H12BrClO3/c1-3-17-12(16)9-5-4-8(13)6-10(9)11(14)7(2)15/h4-6,11H,3H2,1-2H3. The zero-order valence-electron chi connectivity index (χ0n) is 9.50. The molecular formula is C12H12BrClO3. The second-order valence-electron chi connectivity index (χ2n) is 3.43. The summed E-state index contributed by atoms with van der Waals surface area (Å²) in [4.78, 5) is 23.0. The molecule has 0 spiro atoms. The summed E-state index contributed by atoms with van der Waals surface area (Å²) < 4.78 is 5.67. The number of ether oxygens (including phenoxy) is 1. The van der Waals surface area contributed by atoms with Gasteiger partial charge in [-0.25, -0.2) is 4.79 Å². The van der Waals surface area contributed by atoms with Gasteiger partial charge in [-0.2, -0.15) is 0 Å². The lowest BCUT2D eigenvalue weighted by Crippen LogP contribution is -2.12. The van der Waals surface area contributed by atoms with Crippen LogP contribution in [0.3, 0.4) is 0 Å². The number of rotatable bonds is 4. The minimum atomic E-state index is -0.841. The van der Waals surface area contributed by atoms with Crippen LogP contribution in [0.4, 0.5) is 0 Å². The van der Waals surface area contributed by atoms with Crippen LogP contribution in [-0.4, -0.2) is 18.4 Å². The van der Waals surface area contributed by atoms with Crippen LogP contribution >= 0.6 is 27.5 Å². The molecule has 0 bridgehead atoms. The molecule has 0 aliphatic carbocycles. The summed E-state index contributed by atoms with van der Waals surface area (Å²) in [6.07, 6.45) is 0. The SMILES string of the molecule is CCOC(=O)c1ccc(Br)cc1C(Cl)C(C)=O. The number of alkyl halides is 1. The van der Waals surface area contributed by atoms with Gasteiger partial charge in [0.25, 0.3) is 0 Å². The monoisotopic (exact) mass is 318 g/mol. The minimum absolute atomic E-state index is 0.213. The van der Waals surface area contributed by atoms with Gasteiger partial charge in [-0.3, -0.25) is 4.79 Å². The van der Waals surface area contributed by atoms with E-state index in [-0.39, 0.29) is 12.4 Å². The molecule has 0 aliphatic heterocycles. The molecule has 1 atom stereocenters. The van der Waals surface area contributed by atoms with Gasteiger partial charge in [0, 0.05) is 4.47 Å². The summed E-state index contributed by atoms with van der Waals surface area (Å²) in [6, 6.07) is 4.96. The molecule has 1 aromatic carbocycles. The summed E-state index contributed by atoms with van der Waals surface area (Å²) in [6.45, 7) is 3.38. The van der Waals surface area contributed by atoms with Crippen molar-refractivity contribution in [3.8, 4) is 0 Å². The summed E-state index contributed by atoms with van der Waals surface area (Å²) in [7, 11) is 0. The third kappa shape index (κ3) is 3.54. The van der Waals surface area contributed by atoms with Crippen LogP contribution in [0, 0.1) is 0 Å². The van der Waals surface area contributed by atoms with E-state index in [1.165, 1.54) is 6.92 Å². The number of Topliss-reactive ketones (excluding diaryl/α,β-unsaturated/α-hetero) is 1. The Hall–Kier alpha value is -0.870. The molecule has 0 N–H and O–H groups in total. The maximum Gasteiger partial charge on any atom is 0.338 e. The van der Waals surface area contributed by atoms with E-state index in [0.29, 0.717) is 11.1 Å². The van der Waals surface area contributed by atoms with Crippen molar-refractivity contribution in [3.63, 3.8) is 0 Å². The van der Waals surface area contributed by atoms with Crippen LogP contribution in [-0.2, 0) is 9.53 Å². The maximum absolute atomic E-state index is 11.7. The van der Waals surface area contributed by atoms with Gasteiger partial charge in [-0.15, -0.1) is 11.6 Å². The highest BCUT2D eigenvalue weighted by Crippen LogP contribution is 2.28. The predicted octanol–water partition coefficient (Wildman–Crippen LogP) is 3.49. The molecule has 5 heteroatoms. The molecule has 0 aliphatic rings. The zero-order valence-corrected chi connectivity index (χ0v) is 11.8. The molecule has 92 valence electrons. The van der Waals surface area contributed by atoms with E-state index in [2.05, 4.69) is 15.9 Å². The number of ketones is 1. The van der Waals surface area contributed by atoms with Crippen LogP contribution in [0.1, 0.15) is 35.1 Å². The normalized spacial score (nSPS) is 12.0.